The van der Waals surface area contributed by atoms with Gasteiger partial charge in [-0.05, 0) is 32.1 Å². The van der Waals surface area contributed by atoms with Gasteiger partial charge in [-0.25, -0.2) is 0 Å². The Morgan fingerprint density at radius 2 is 1.84 bits per heavy atom. The molecule has 0 aromatic rings. The minimum atomic E-state index is -0.714. The topological polar surface area (TPSA) is 66.4 Å². The molecule has 1 amide bonds. The van der Waals surface area contributed by atoms with Crippen LogP contribution in [0.3, 0.4) is 0 Å². The van der Waals surface area contributed by atoms with Crippen LogP contribution in [-0.4, -0.2) is 23.5 Å². The van der Waals surface area contributed by atoms with Crippen LogP contribution in [0, 0.1) is 5.92 Å². The number of carbonyl (C=O) groups is 2. The van der Waals surface area contributed by atoms with Crippen LogP contribution in [0.4, 0.5) is 0 Å². The van der Waals surface area contributed by atoms with Crippen molar-refractivity contribution >= 4 is 11.9 Å². The fraction of sp³-hybridized carbons (Fsp3) is 0.733. The average Bonchev–Trinajstić information content (AvgIpc) is 2.42. The second-order valence-electron chi connectivity index (χ2n) is 5.18. The summed E-state index contributed by atoms with van der Waals surface area (Å²) < 4.78 is 0. The zero-order valence-corrected chi connectivity index (χ0v) is 11.6. The largest absolute Gasteiger partial charge is 0.481 e. The Hall–Kier alpha value is -1.32. The summed E-state index contributed by atoms with van der Waals surface area (Å²) in [7, 11) is 0. The smallest absolute Gasteiger partial charge is 0.303 e. The lowest BCUT2D eigenvalue weighted by atomic mass is 9.94. The van der Waals surface area contributed by atoms with Crippen LogP contribution >= 0.6 is 0 Å². The molecule has 0 heterocycles. The molecule has 4 nitrogen and oxygen atoms in total. The second-order valence-corrected chi connectivity index (χ2v) is 5.18. The van der Waals surface area contributed by atoms with Crippen LogP contribution in [0.25, 0.3) is 0 Å². The Labute approximate surface area is 115 Å². The van der Waals surface area contributed by atoms with Gasteiger partial charge in [0.1, 0.15) is 0 Å². The van der Waals surface area contributed by atoms with Crippen molar-refractivity contribution in [3.8, 4) is 0 Å². The highest BCUT2D eigenvalue weighted by molar-refractivity contribution is 5.78. The van der Waals surface area contributed by atoms with Crippen molar-refractivity contribution in [2.75, 3.05) is 6.54 Å². The predicted molar refractivity (Wildman–Crippen MR) is 74.8 cm³/mol. The summed E-state index contributed by atoms with van der Waals surface area (Å²) in [5.74, 6) is -0.357. The van der Waals surface area contributed by atoms with E-state index in [4.69, 9.17) is 5.11 Å². The number of aliphatic carboxylic acids is 1. The molecule has 0 aromatic heterocycles. The Bertz CT molecular complexity index is 313. The number of rotatable bonds is 9. The number of carboxylic acid groups (broad SMARTS) is 1. The van der Waals surface area contributed by atoms with Crippen molar-refractivity contribution < 1.29 is 14.7 Å². The molecule has 1 unspecified atom stereocenters. The zero-order valence-electron chi connectivity index (χ0n) is 11.6. The summed E-state index contributed by atoms with van der Waals surface area (Å²) in [6, 6.07) is 0. The molecule has 1 rings (SSSR count). The van der Waals surface area contributed by atoms with Crippen LogP contribution in [-0.2, 0) is 9.59 Å². The molecule has 0 bridgehead atoms. The number of unbranched alkanes of at least 4 members (excludes halogenated alkanes) is 4. The summed E-state index contributed by atoms with van der Waals surface area (Å²) in [4.78, 5) is 22.1. The van der Waals surface area contributed by atoms with Crippen molar-refractivity contribution in [3.05, 3.63) is 12.2 Å². The lowest BCUT2D eigenvalue weighted by molar-refractivity contribution is -0.137. The molecule has 1 aliphatic carbocycles. The van der Waals surface area contributed by atoms with E-state index >= 15 is 0 Å². The molecule has 0 spiro atoms. The van der Waals surface area contributed by atoms with Crippen LogP contribution in [0.1, 0.15) is 57.8 Å². The van der Waals surface area contributed by atoms with Gasteiger partial charge in [-0.1, -0.05) is 31.4 Å². The summed E-state index contributed by atoms with van der Waals surface area (Å²) in [5, 5.41) is 11.5. The van der Waals surface area contributed by atoms with Crippen LogP contribution in [0.15, 0.2) is 12.2 Å². The molecule has 0 aromatic carbocycles. The third kappa shape index (κ3) is 7.65. The molecular weight excluding hydrogens is 242 g/mol. The van der Waals surface area contributed by atoms with Crippen LogP contribution < -0.4 is 5.32 Å². The average molecular weight is 267 g/mol. The van der Waals surface area contributed by atoms with E-state index < -0.39 is 5.97 Å². The first-order valence-electron chi connectivity index (χ1n) is 7.34. The van der Waals surface area contributed by atoms with Crippen molar-refractivity contribution in [2.45, 2.75) is 57.8 Å². The van der Waals surface area contributed by atoms with E-state index in [1.807, 2.05) is 0 Å². The normalized spacial score (nSPS) is 18.2. The molecule has 19 heavy (non-hydrogen) atoms. The maximum absolute atomic E-state index is 11.8. The van der Waals surface area contributed by atoms with Gasteiger partial charge in [0, 0.05) is 18.9 Å². The SMILES string of the molecule is O=C(O)CCCCCCCNC(=O)C1CC=CCC1. The van der Waals surface area contributed by atoms with Crippen molar-refractivity contribution in [2.24, 2.45) is 5.92 Å². The Morgan fingerprint density at radius 3 is 2.53 bits per heavy atom. The lowest BCUT2D eigenvalue weighted by Crippen LogP contribution is -2.31. The molecule has 0 saturated carbocycles. The van der Waals surface area contributed by atoms with E-state index in [1.54, 1.807) is 0 Å². The maximum atomic E-state index is 11.8. The van der Waals surface area contributed by atoms with Gasteiger partial charge in [-0.15, -0.1) is 0 Å². The third-order valence-corrected chi connectivity index (χ3v) is 3.51. The van der Waals surface area contributed by atoms with Crippen LogP contribution in [0.5, 0.6) is 0 Å². The molecule has 0 radical (unpaired) electrons. The summed E-state index contributed by atoms with van der Waals surface area (Å²) in [5.41, 5.74) is 0. The van der Waals surface area contributed by atoms with E-state index in [0.717, 1.165) is 57.9 Å². The quantitative estimate of drug-likeness (QED) is 0.498. The number of carboxylic acids is 1. The molecule has 0 saturated heterocycles. The monoisotopic (exact) mass is 267 g/mol. The van der Waals surface area contributed by atoms with Gasteiger partial charge >= 0.3 is 5.97 Å². The summed E-state index contributed by atoms with van der Waals surface area (Å²) in [6.07, 6.45) is 12.2. The standard InChI is InChI=1S/C15H25NO3/c17-14(18)11-7-2-1-3-8-12-16-15(19)13-9-5-4-6-10-13/h4-5,13H,1-3,6-12H2,(H,16,19)(H,17,18). The van der Waals surface area contributed by atoms with Crippen molar-refractivity contribution in [1.82, 2.24) is 5.32 Å². The summed E-state index contributed by atoms with van der Waals surface area (Å²) >= 11 is 0. The molecule has 0 aliphatic heterocycles. The number of hydrogen-bond donors (Lipinski definition) is 2. The van der Waals surface area contributed by atoms with Gasteiger partial charge in [0.2, 0.25) is 5.91 Å². The molecule has 2 N–H and O–H groups in total. The third-order valence-electron chi connectivity index (χ3n) is 3.51. The Kier molecular flexibility index (Phi) is 7.94. The first-order valence-corrected chi connectivity index (χ1v) is 7.34. The van der Waals surface area contributed by atoms with Gasteiger partial charge < -0.3 is 10.4 Å². The zero-order chi connectivity index (χ0) is 13.9. The Balaban J connectivity index is 1.91. The van der Waals surface area contributed by atoms with Crippen LogP contribution in [0.2, 0.25) is 0 Å². The van der Waals surface area contributed by atoms with Crippen molar-refractivity contribution in [3.63, 3.8) is 0 Å². The second kappa shape index (κ2) is 9.59. The lowest BCUT2D eigenvalue weighted by Gasteiger charge is -2.17. The van der Waals surface area contributed by atoms with Gasteiger partial charge in [0.15, 0.2) is 0 Å². The highest BCUT2D eigenvalue weighted by atomic mass is 16.4. The maximum Gasteiger partial charge on any atom is 0.303 e. The highest BCUT2D eigenvalue weighted by Crippen LogP contribution is 2.17. The van der Waals surface area contributed by atoms with E-state index in [0.29, 0.717) is 0 Å². The fourth-order valence-electron chi connectivity index (χ4n) is 2.32. The van der Waals surface area contributed by atoms with E-state index in [2.05, 4.69) is 17.5 Å². The van der Waals surface area contributed by atoms with Gasteiger partial charge in [0.05, 0.1) is 0 Å². The first-order chi connectivity index (χ1) is 9.20. The minimum Gasteiger partial charge on any atom is -0.481 e. The number of allylic oxidation sites excluding steroid dienone is 2. The number of amides is 1. The molecule has 1 aliphatic rings. The molecule has 108 valence electrons. The predicted octanol–water partition coefficient (Wildman–Crippen LogP) is 2.88. The highest BCUT2D eigenvalue weighted by Gasteiger charge is 2.17. The van der Waals surface area contributed by atoms with E-state index in [-0.39, 0.29) is 18.2 Å². The number of nitrogens with one attached hydrogen (secondary N) is 1. The first kappa shape index (κ1) is 15.7. The van der Waals surface area contributed by atoms with Crippen molar-refractivity contribution in [1.29, 1.82) is 0 Å². The summed E-state index contributed by atoms with van der Waals surface area (Å²) in [6.45, 7) is 0.748. The number of hydrogen-bond acceptors (Lipinski definition) is 2. The van der Waals surface area contributed by atoms with E-state index in [1.165, 1.54) is 0 Å². The minimum absolute atomic E-state index is 0.167. The fourth-order valence-corrected chi connectivity index (χ4v) is 2.32. The molecule has 4 heteroatoms. The molecular formula is C15H25NO3. The van der Waals surface area contributed by atoms with Gasteiger partial charge in [-0.3, -0.25) is 9.59 Å². The Morgan fingerprint density at radius 1 is 1.11 bits per heavy atom. The number of carbonyl (C=O) groups excluding carboxylic acids is 1. The van der Waals surface area contributed by atoms with E-state index in [9.17, 15) is 9.59 Å². The van der Waals surface area contributed by atoms with Gasteiger partial charge in [0.25, 0.3) is 0 Å². The molecule has 1 atom stereocenters. The van der Waals surface area contributed by atoms with Gasteiger partial charge in [-0.2, -0.15) is 0 Å². The molecule has 0 fully saturated rings.